The van der Waals surface area contributed by atoms with Crippen LogP contribution < -0.4 is 20.3 Å². The molecular formula is C24H29F4N7O. The molecule has 12 heteroatoms. The van der Waals surface area contributed by atoms with Gasteiger partial charge in [-0.15, -0.1) is 0 Å². The largest absolute Gasteiger partial charge is 0.472 e. The molecule has 1 aliphatic carbocycles. The van der Waals surface area contributed by atoms with Crippen LogP contribution in [-0.2, 0) is 6.18 Å². The van der Waals surface area contributed by atoms with Crippen LogP contribution in [0.2, 0.25) is 0 Å². The molecule has 2 aliphatic rings. The number of hydrogen-bond donors (Lipinski definition) is 2. The fourth-order valence-corrected chi connectivity index (χ4v) is 4.97. The van der Waals surface area contributed by atoms with Gasteiger partial charge in [0.15, 0.2) is 11.6 Å². The van der Waals surface area contributed by atoms with Gasteiger partial charge in [-0.2, -0.15) is 18.3 Å². The Morgan fingerprint density at radius 2 is 1.89 bits per heavy atom. The van der Waals surface area contributed by atoms with E-state index in [-0.39, 0.29) is 6.04 Å². The fraction of sp³-hybridized carbons (Fsp3) is 0.542. The number of nitrogens with one attached hydrogen (secondary N) is 2. The maximum Gasteiger partial charge on any atom is 0.419 e. The molecule has 36 heavy (non-hydrogen) atoms. The minimum Gasteiger partial charge on any atom is -0.472 e. The lowest BCUT2D eigenvalue weighted by molar-refractivity contribution is -0.140. The first-order valence-corrected chi connectivity index (χ1v) is 12.3. The van der Waals surface area contributed by atoms with E-state index in [1.54, 1.807) is 0 Å². The second-order valence-corrected chi connectivity index (χ2v) is 9.15. The molecule has 0 bridgehead atoms. The van der Waals surface area contributed by atoms with Crippen molar-refractivity contribution in [2.75, 3.05) is 42.9 Å². The van der Waals surface area contributed by atoms with Crippen molar-refractivity contribution >= 4 is 22.5 Å². The second kappa shape index (κ2) is 10.1. The minimum atomic E-state index is -4.80. The first kappa shape index (κ1) is 24.5. The van der Waals surface area contributed by atoms with Gasteiger partial charge in [0.25, 0.3) is 5.88 Å². The number of fused-ring (bicyclic) bond motifs is 1. The van der Waals surface area contributed by atoms with Crippen LogP contribution >= 0.6 is 0 Å². The highest BCUT2D eigenvalue weighted by Crippen LogP contribution is 2.38. The van der Waals surface area contributed by atoms with Crippen molar-refractivity contribution in [2.24, 2.45) is 0 Å². The summed E-state index contributed by atoms with van der Waals surface area (Å²) in [6.45, 7) is 6.26. The van der Waals surface area contributed by atoms with Crippen molar-refractivity contribution in [1.82, 2.24) is 25.1 Å². The number of hydrogen-bond acceptors (Lipinski definition) is 7. The lowest BCUT2D eigenvalue weighted by Gasteiger charge is -2.30. The Labute approximate surface area is 206 Å². The van der Waals surface area contributed by atoms with Gasteiger partial charge in [-0.3, -0.25) is 4.68 Å². The summed E-state index contributed by atoms with van der Waals surface area (Å²) in [5.74, 6) is -0.369. The number of rotatable bonds is 6. The SMILES string of the molecule is CCNc1cc2c(cn1)c(N1CCNCC1)nn2C1CCC(Oc2nccc(C(F)(F)F)c2F)CC1. The molecule has 4 heterocycles. The van der Waals surface area contributed by atoms with E-state index in [0.29, 0.717) is 31.7 Å². The summed E-state index contributed by atoms with van der Waals surface area (Å²) in [6.07, 6.45) is 0.0761. The first-order valence-electron chi connectivity index (χ1n) is 12.3. The van der Waals surface area contributed by atoms with Crippen molar-refractivity contribution in [1.29, 1.82) is 0 Å². The molecule has 1 saturated heterocycles. The summed E-state index contributed by atoms with van der Waals surface area (Å²) < 4.78 is 61.1. The van der Waals surface area contributed by atoms with Crippen LogP contribution in [-0.4, -0.2) is 58.6 Å². The van der Waals surface area contributed by atoms with Crippen LogP contribution in [0.4, 0.5) is 29.2 Å². The average Bonchev–Trinajstić information content (AvgIpc) is 3.25. The van der Waals surface area contributed by atoms with Gasteiger partial charge in [0.1, 0.15) is 11.9 Å². The Morgan fingerprint density at radius 3 is 2.58 bits per heavy atom. The lowest BCUT2D eigenvalue weighted by atomic mass is 9.93. The van der Waals surface area contributed by atoms with Gasteiger partial charge < -0.3 is 20.3 Å². The van der Waals surface area contributed by atoms with Crippen molar-refractivity contribution in [3.8, 4) is 5.88 Å². The molecule has 0 spiro atoms. The normalized spacial score (nSPS) is 21.1. The van der Waals surface area contributed by atoms with E-state index >= 15 is 0 Å². The average molecular weight is 508 g/mol. The summed E-state index contributed by atoms with van der Waals surface area (Å²) >= 11 is 0. The number of nitrogens with zero attached hydrogens (tertiary/aromatic N) is 5. The highest BCUT2D eigenvalue weighted by atomic mass is 19.4. The van der Waals surface area contributed by atoms with E-state index in [4.69, 9.17) is 9.84 Å². The predicted molar refractivity (Wildman–Crippen MR) is 128 cm³/mol. The number of aromatic nitrogens is 4. The molecule has 0 amide bonds. The molecule has 1 saturated carbocycles. The Kier molecular flexibility index (Phi) is 6.87. The zero-order valence-electron chi connectivity index (χ0n) is 20.0. The van der Waals surface area contributed by atoms with Gasteiger partial charge >= 0.3 is 6.18 Å². The molecule has 0 aromatic carbocycles. The summed E-state index contributed by atoms with van der Waals surface area (Å²) in [5, 5.41) is 12.6. The Morgan fingerprint density at radius 1 is 1.14 bits per heavy atom. The number of anilines is 2. The molecule has 0 unspecified atom stereocenters. The topological polar surface area (TPSA) is 80.1 Å². The van der Waals surface area contributed by atoms with E-state index in [1.165, 1.54) is 0 Å². The third-order valence-corrected chi connectivity index (χ3v) is 6.78. The fourth-order valence-electron chi connectivity index (χ4n) is 4.97. The number of piperazine rings is 1. The maximum atomic E-state index is 14.4. The van der Waals surface area contributed by atoms with Crippen molar-refractivity contribution < 1.29 is 22.3 Å². The highest BCUT2D eigenvalue weighted by Gasteiger charge is 2.36. The van der Waals surface area contributed by atoms with E-state index in [0.717, 1.165) is 61.5 Å². The standard InChI is InChI=1S/C24H29F4N7O/c1-2-30-20-13-19-17(14-32-20)22(34-11-9-29-10-12-34)33-35(19)15-3-5-16(6-4-15)36-23-21(25)18(7-8-31-23)24(26,27)28/h7-8,13-16,29H,2-6,9-12H2,1H3,(H,30,32). The zero-order chi connectivity index (χ0) is 25.3. The van der Waals surface area contributed by atoms with Crippen LogP contribution in [0.25, 0.3) is 10.9 Å². The molecule has 3 aromatic heterocycles. The quantitative estimate of drug-likeness (QED) is 0.479. The molecule has 3 aromatic rings. The van der Waals surface area contributed by atoms with Crippen LogP contribution in [0, 0.1) is 5.82 Å². The van der Waals surface area contributed by atoms with E-state index in [9.17, 15) is 17.6 Å². The Bertz CT molecular complexity index is 1200. The number of ether oxygens (including phenoxy) is 1. The highest BCUT2D eigenvalue weighted by molar-refractivity contribution is 5.91. The van der Waals surface area contributed by atoms with Gasteiger partial charge in [-0.25, -0.2) is 14.4 Å². The number of pyridine rings is 2. The molecule has 1 aliphatic heterocycles. The molecule has 2 fully saturated rings. The molecular weight excluding hydrogens is 478 g/mol. The summed E-state index contributed by atoms with van der Waals surface area (Å²) in [4.78, 5) is 10.5. The third-order valence-electron chi connectivity index (χ3n) is 6.78. The predicted octanol–water partition coefficient (Wildman–Crippen LogP) is 4.39. The van der Waals surface area contributed by atoms with Gasteiger partial charge in [0.2, 0.25) is 0 Å². The maximum absolute atomic E-state index is 14.4. The van der Waals surface area contributed by atoms with Crippen molar-refractivity contribution in [3.63, 3.8) is 0 Å². The molecule has 5 rings (SSSR count). The Hall–Kier alpha value is -3.15. The number of halogens is 4. The molecule has 0 atom stereocenters. The van der Waals surface area contributed by atoms with Crippen LogP contribution in [0.1, 0.15) is 44.2 Å². The minimum absolute atomic E-state index is 0.0835. The van der Waals surface area contributed by atoms with Crippen LogP contribution in [0.5, 0.6) is 5.88 Å². The number of alkyl halides is 3. The molecule has 194 valence electrons. The second-order valence-electron chi connectivity index (χ2n) is 9.15. The smallest absolute Gasteiger partial charge is 0.419 e. The monoisotopic (exact) mass is 507 g/mol. The van der Waals surface area contributed by atoms with Crippen LogP contribution in [0.15, 0.2) is 24.5 Å². The van der Waals surface area contributed by atoms with Gasteiger partial charge in [0.05, 0.1) is 22.5 Å². The van der Waals surface area contributed by atoms with Gasteiger partial charge in [-0.05, 0) is 38.7 Å². The van der Waals surface area contributed by atoms with Crippen molar-refractivity contribution in [2.45, 2.75) is 50.9 Å². The van der Waals surface area contributed by atoms with E-state index in [1.807, 2.05) is 19.2 Å². The lowest BCUT2D eigenvalue weighted by Crippen LogP contribution is -2.43. The van der Waals surface area contributed by atoms with Gasteiger partial charge in [0, 0.05) is 51.2 Å². The summed E-state index contributed by atoms with van der Waals surface area (Å²) in [6, 6.07) is 2.72. The Balaban J connectivity index is 1.35. The molecule has 0 radical (unpaired) electrons. The van der Waals surface area contributed by atoms with E-state index in [2.05, 4.69) is 30.2 Å². The van der Waals surface area contributed by atoms with Gasteiger partial charge in [-0.1, -0.05) is 0 Å². The van der Waals surface area contributed by atoms with Crippen molar-refractivity contribution in [3.05, 3.63) is 35.9 Å². The first-order chi connectivity index (χ1) is 17.3. The summed E-state index contributed by atoms with van der Waals surface area (Å²) in [5.41, 5.74) is -0.376. The van der Waals surface area contributed by atoms with Crippen LogP contribution in [0.3, 0.4) is 0 Å². The molecule has 2 N–H and O–H groups in total. The summed E-state index contributed by atoms with van der Waals surface area (Å²) in [7, 11) is 0. The van der Waals surface area contributed by atoms with E-state index < -0.39 is 29.5 Å². The third kappa shape index (κ3) is 4.91. The molecule has 8 nitrogen and oxygen atoms in total. The zero-order valence-corrected chi connectivity index (χ0v) is 20.0.